The van der Waals surface area contributed by atoms with Gasteiger partial charge < -0.3 is 23.7 Å². The summed E-state index contributed by atoms with van der Waals surface area (Å²) in [6.07, 6.45) is 7.54. The van der Waals surface area contributed by atoms with Crippen molar-refractivity contribution in [2.45, 2.75) is 39.5 Å². The molecule has 6 rings (SSSR count). The van der Waals surface area contributed by atoms with Crippen molar-refractivity contribution in [3.8, 4) is 40.9 Å². The molecule has 0 aromatic heterocycles. The van der Waals surface area contributed by atoms with Crippen LogP contribution in [0.15, 0.2) is 146 Å². The summed E-state index contributed by atoms with van der Waals surface area (Å²) in [6, 6.07) is 44.6. The van der Waals surface area contributed by atoms with Crippen LogP contribution in [0.2, 0.25) is 0 Å². The fraction of sp³-hybridized carbons (Fsp3) is 0.151. The highest BCUT2D eigenvalue weighted by molar-refractivity contribution is 5.95. The Labute approximate surface area is 366 Å². The summed E-state index contributed by atoms with van der Waals surface area (Å²) in [4.78, 5) is 38.7. The number of benzene rings is 6. The second-order valence-corrected chi connectivity index (χ2v) is 14.2. The number of carbonyl (C=O) groups excluding carboxylic acids is 3. The molecule has 0 saturated heterocycles. The summed E-state index contributed by atoms with van der Waals surface area (Å²) in [5.74, 6) is 0.201. The van der Waals surface area contributed by atoms with Crippen molar-refractivity contribution in [2.24, 2.45) is 0 Å². The van der Waals surface area contributed by atoms with Gasteiger partial charge in [-0.25, -0.2) is 14.4 Å². The van der Waals surface area contributed by atoms with Crippen molar-refractivity contribution < 1.29 is 38.1 Å². The van der Waals surface area contributed by atoms with Crippen LogP contribution in [0.5, 0.6) is 28.7 Å². The Morgan fingerprint density at radius 2 is 0.810 bits per heavy atom. The minimum Gasteiger partial charge on any atom is -0.494 e. The van der Waals surface area contributed by atoms with Crippen LogP contribution in [-0.2, 0) is 0 Å². The lowest BCUT2D eigenvalue weighted by molar-refractivity contribution is 0.0714. The molecular weight excluding hydrogens is 793 g/mol. The largest absolute Gasteiger partial charge is 0.494 e. The van der Waals surface area contributed by atoms with E-state index in [0.29, 0.717) is 46.8 Å². The predicted octanol–water partition coefficient (Wildman–Crippen LogP) is 11.8. The van der Waals surface area contributed by atoms with Crippen LogP contribution < -0.4 is 23.7 Å². The number of rotatable bonds is 18. The maximum Gasteiger partial charge on any atom is 0.343 e. The number of hydrogen-bond donors (Lipinski definition) is 0. The summed E-state index contributed by atoms with van der Waals surface area (Å²) >= 11 is 0. The molecule has 0 spiro atoms. The van der Waals surface area contributed by atoms with Crippen LogP contribution in [0.1, 0.15) is 92.9 Å². The van der Waals surface area contributed by atoms with Gasteiger partial charge in [-0.2, -0.15) is 10.5 Å². The number of hydrogen-bond acceptors (Lipinski definition) is 10. The van der Waals surface area contributed by atoms with Gasteiger partial charge in [0, 0.05) is 0 Å². The zero-order chi connectivity index (χ0) is 44.4. The van der Waals surface area contributed by atoms with Gasteiger partial charge in [0.25, 0.3) is 0 Å². The van der Waals surface area contributed by atoms with Crippen LogP contribution >= 0.6 is 0 Å². The van der Waals surface area contributed by atoms with E-state index in [-0.39, 0.29) is 28.4 Å². The van der Waals surface area contributed by atoms with E-state index in [9.17, 15) is 24.9 Å². The predicted molar refractivity (Wildman–Crippen MR) is 241 cm³/mol. The molecule has 0 radical (unpaired) electrons. The number of ether oxygens (including phenoxy) is 5. The zero-order valence-corrected chi connectivity index (χ0v) is 34.9. The van der Waals surface area contributed by atoms with E-state index in [1.54, 1.807) is 84.9 Å². The third-order valence-electron chi connectivity index (χ3n) is 9.54. The second-order valence-electron chi connectivity index (χ2n) is 14.2. The lowest BCUT2D eigenvalue weighted by Crippen LogP contribution is -2.11. The Kier molecular flexibility index (Phi) is 15.8. The molecule has 10 nitrogen and oxygen atoms in total. The highest BCUT2D eigenvalue weighted by atomic mass is 16.5. The fourth-order valence-corrected chi connectivity index (χ4v) is 6.01. The first-order valence-corrected chi connectivity index (χ1v) is 20.5. The first-order chi connectivity index (χ1) is 30.7. The molecule has 0 N–H and O–H groups in total. The minimum atomic E-state index is -0.678. The van der Waals surface area contributed by atoms with Crippen molar-refractivity contribution >= 4 is 41.2 Å². The highest BCUT2D eigenvalue weighted by Gasteiger charge is 2.15. The maximum absolute atomic E-state index is 13.1. The molecule has 0 heterocycles. The molecule has 0 unspecified atom stereocenters. The Morgan fingerprint density at radius 3 is 1.24 bits per heavy atom. The summed E-state index contributed by atoms with van der Waals surface area (Å²) in [7, 11) is 0. The number of carbonyl (C=O) groups is 3. The van der Waals surface area contributed by atoms with Gasteiger partial charge in [-0.05, 0) is 138 Å². The summed E-state index contributed by atoms with van der Waals surface area (Å²) in [6.45, 7) is 5.46. The molecule has 314 valence electrons. The number of allylic oxidation sites excluding steroid dienone is 2. The van der Waals surface area contributed by atoms with E-state index < -0.39 is 17.9 Å². The van der Waals surface area contributed by atoms with Crippen molar-refractivity contribution in [3.63, 3.8) is 0 Å². The van der Waals surface area contributed by atoms with Crippen LogP contribution in [0.3, 0.4) is 0 Å². The molecule has 0 atom stereocenters. The molecule has 0 aliphatic heterocycles. The van der Waals surface area contributed by atoms with Gasteiger partial charge in [0.2, 0.25) is 0 Å². The van der Waals surface area contributed by atoms with Crippen molar-refractivity contribution in [3.05, 3.63) is 185 Å². The molecular formula is C53H44N2O8. The molecule has 6 aromatic rings. The van der Waals surface area contributed by atoms with Crippen LogP contribution in [0.4, 0.5) is 0 Å². The van der Waals surface area contributed by atoms with E-state index in [1.807, 2.05) is 30.3 Å². The fourth-order valence-electron chi connectivity index (χ4n) is 6.01. The number of esters is 3. The van der Waals surface area contributed by atoms with E-state index >= 15 is 0 Å². The Hall–Kier alpha value is -8.21. The lowest BCUT2D eigenvalue weighted by atomic mass is 9.99. The summed E-state index contributed by atoms with van der Waals surface area (Å²) < 4.78 is 27.9. The summed E-state index contributed by atoms with van der Waals surface area (Å²) in [5, 5.41) is 19.9. The normalized spacial score (nSPS) is 11.1. The van der Waals surface area contributed by atoms with Crippen LogP contribution in [0.25, 0.3) is 23.3 Å². The molecule has 0 bridgehead atoms. The van der Waals surface area contributed by atoms with Crippen molar-refractivity contribution in [1.82, 2.24) is 0 Å². The van der Waals surface area contributed by atoms with Gasteiger partial charge >= 0.3 is 17.9 Å². The van der Waals surface area contributed by atoms with Gasteiger partial charge in [0.1, 0.15) is 28.7 Å². The minimum absolute atomic E-state index is 0.128. The van der Waals surface area contributed by atoms with Gasteiger partial charge in [-0.3, -0.25) is 0 Å². The molecule has 0 saturated carbocycles. The molecule has 10 heteroatoms. The topological polar surface area (TPSA) is 145 Å². The zero-order valence-electron chi connectivity index (χ0n) is 34.9. The molecule has 0 fully saturated rings. The van der Waals surface area contributed by atoms with Crippen LogP contribution in [-0.4, -0.2) is 31.1 Å². The monoisotopic (exact) mass is 836 g/mol. The summed E-state index contributed by atoms with van der Waals surface area (Å²) in [5.41, 5.74) is 4.56. The maximum atomic E-state index is 13.1. The second kappa shape index (κ2) is 22.4. The smallest absolute Gasteiger partial charge is 0.343 e. The first kappa shape index (κ1) is 44.3. The molecule has 6 aromatic carbocycles. The Balaban J connectivity index is 1.01. The Bertz CT molecular complexity index is 2650. The van der Waals surface area contributed by atoms with E-state index in [4.69, 9.17) is 23.7 Å². The molecule has 0 aliphatic carbocycles. The van der Waals surface area contributed by atoms with Gasteiger partial charge in [0.05, 0.1) is 53.2 Å². The van der Waals surface area contributed by atoms with E-state index in [2.05, 4.69) is 26.0 Å². The first-order valence-electron chi connectivity index (χ1n) is 20.5. The third-order valence-corrected chi connectivity index (χ3v) is 9.54. The Morgan fingerprint density at radius 1 is 0.444 bits per heavy atom. The lowest BCUT2D eigenvalue weighted by Gasteiger charge is -2.09. The average Bonchev–Trinajstić information content (AvgIpc) is 3.31. The third kappa shape index (κ3) is 12.9. The van der Waals surface area contributed by atoms with Gasteiger partial charge in [-0.15, -0.1) is 0 Å². The number of nitriles is 2. The number of unbranched alkanes of at least 4 members (excludes halogenated alkanes) is 2. The SMILES string of the molecule is CCCCOc1ccc(/C=C(\C#N)c2ccc(/C(C#N)=C\c3ccc(OC(=O)c4cccc(OC(=O)c5ccc(OC(=O)c6ccc(OCCCC)cc6)cc5)c4)cc3)cc2)cc1. The highest BCUT2D eigenvalue weighted by Crippen LogP contribution is 2.26. The van der Waals surface area contributed by atoms with E-state index in [1.165, 1.54) is 42.5 Å². The van der Waals surface area contributed by atoms with Crippen molar-refractivity contribution in [2.75, 3.05) is 13.2 Å². The van der Waals surface area contributed by atoms with E-state index in [0.717, 1.165) is 42.6 Å². The quantitative estimate of drug-likeness (QED) is 0.0269. The number of nitrogens with zero attached hydrogens (tertiary/aromatic N) is 2. The van der Waals surface area contributed by atoms with Gasteiger partial charge in [0.15, 0.2) is 0 Å². The van der Waals surface area contributed by atoms with Crippen LogP contribution in [0, 0.1) is 22.7 Å². The standard InChI is InChI=1S/C53H44N2O8/c1-3-5-30-59-46-22-10-37(11-23-46)32-44(35-54)39-14-16-40(17-15-39)45(36-55)33-38-12-24-48(25-13-38)62-53(58)43-8-7-9-50(34-43)63-52(57)42-20-28-49(29-21-42)61-51(56)41-18-26-47(27-19-41)60-31-6-4-2/h7-29,32-34H,3-6,30-31H2,1-2H3/b44-32+,45-33-. The molecule has 63 heavy (non-hydrogen) atoms. The molecule has 0 amide bonds. The van der Waals surface area contributed by atoms with Crippen molar-refractivity contribution in [1.29, 1.82) is 10.5 Å². The van der Waals surface area contributed by atoms with Gasteiger partial charge in [-0.1, -0.05) is 81.3 Å². The molecule has 0 aliphatic rings. The average molecular weight is 837 g/mol.